The Labute approximate surface area is 94.9 Å². The average molecular weight is 211 g/mol. The van der Waals surface area contributed by atoms with Crippen LogP contribution in [0.1, 0.15) is 12.5 Å². The minimum absolute atomic E-state index is 0.936. The first kappa shape index (κ1) is 10.4. The molecule has 0 aliphatic carbocycles. The number of hydrogen-bond donors (Lipinski definition) is 1. The van der Waals surface area contributed by atoms with Gasteiger partial charge in [0.05, 0.1) is 11.4 Å². The van der Waals surface area contributed by atoms with Crippen LogP contribution in [-0.2, 0) is 0 Å². The Hall–Kier alpha value is -2.16. The third-order valence-corrected chi connectivity index (χ3v) is 2.22. The summed E-state index contributed by atoms with van der Waals surface area (Å²) in [6, 6.07) is 13.7. The molecule has 16 heavy (non-hydrogen) atoms. The van der Waals surface area contributed by atoms with Crippen LogP contribution in [0, 0.1) is 0 Å². The molecule has 3 heteroatoms. The van der Waals surface area contributed by atoms with Crippen LogP contribution in [0.25, 0.3) is 0 Å². The maximum Gasteiger partial charge on any atom is 0.0649 e. The van der Waals surface area contributed by atoms with E-state index in [9.17, 15) is 0 Å². The maximum atomic E-state index is 4.30. The van der Waals surface area contributed by atoms with Crippen molar-refractivity contribution in [1.29, 1.82) is 0 Å². The van der Waals surface area contributed by atoms with Crippen molar-refractivity contribution in [1.82, 2.24) is 4.98 Å². The number of hydrazone groups is 1. The first-order valence-electron chi connectivity index (χ1n) is 5.12. The number of rotatable bonds is 3. The van der Waals surface area contributed by atoms with E-state index in [-0.39, 0.29) is 0 Å². The number of pyridine rings is 1. The molecule has 0 spiro atoms. The maximum absolute atomic E-state index is 4.30. The lowest BCUT2D eigenvalue weighted by Gasteiger charge is -2.02. The van der Waals surface area contributed by atoms with Crippen LogP contribution in [0.15, 0.2) is 60.0 Å². The molecule has 2 aromatic rings. The van der Waals surface area contributed by atoms with E-state index in [0.717, 1.165) is 17.0 Å². The topological polar surface area (TPSA) is 37.3 Å². The summed E-state index contributed by atoms with van der Waals surface area (Å²) in [5.41, 5.74) is 6.00. The van der Waals surface area contributed by atoms with Gasteiger partial charge in [-0.15, -0.1) is 0 Å². The fourth-order valence-electron chi connectivity index (χ4n) is 1.32. The number of nitrogens with one attached hydrogen (secondary N) is 1. The van der Waals surface area contributed by atoms with Gasteiger partial charge in [0.15, 0.2) is 0 Å². The van der Waals surface area contributed by atoms with Crippen LogP contribution in [0.5, 0.6) is 0 Å². The van der Waals surface area contributed by atoms with Gasteiger partial charge in [-0.05, 0) is 31.2 Å². The zero-order valence-corrected chi connectivity index (χ0v) is 9.09. The van der Waals surface area contributed by atoms with Gasteiger partial charge < -0.3 is 0 Å². The lowest BCUT2D eigenvalue weighted by molar-refractivity contribution is 1.29. The Balaban J connectivity index is 2.09. The summed E-state index contributed by atoms with van der Waals surface area (Å²) in [6.45, 7) is 1.96. The summed E-state index contributed by atoms with van der Waals surface area (Å²) in [7, 11) is 0. The fraction of sp³-hybridized carbons (Fsp3) is 0.0769. The molecule has 2 rings (SSSR count). The number of benzene rings is 1. The van der Waals surface area contributed by atoms with E-state index in [2.05, 4.69) is 15.5 Å². The highest BCUT2D eigenvalue weighted by Crippen LogP contribution is 2.06. The highest BCUT2D eigenvalue weighted by Gasteiger charge is 1.95. The van der Waals surface area contributed by atoms with E-state index in [4.69, 9.17) is 0 Å². The molecule has 80 valence electrons. The predicted octanol–water partition coefficient (Wildman–Crippen LogP) is 2.92. The SMILES string of the molecule is C/C(=N/Nc1ccccc1)c1ccncc1. The van der Waals surface area contributed by atoms with E-state index in [1.807, 2.05) is 49.4 Å². The standard InChI is InChI=1S/C13H13N3/c1-11(12-7-9-14-10-8-12)15-16-13-5-3-2-4-6-13/h2-10,16H,1H3/b15-11-. The van der Waals surface area contributed by atoms with Gasteiger partial charge in [-0.1, -0.05) is 18.2 Å². The van der Waals surface area contributed by atoms with E-state index in [1.165, 1.54) is 0 Å². The summed E-state index contributed by atoms with van der Waals surface area (Å²) >= 11 is 0. The molecule has 0 aliphatic heterocycles. The highest BCUT2D eigenvalue weighted by molar-refractivity contribution is 5.98. The monoisotopic (exact) mass is 211 g/mol. The van der Waals surface area contributed by atoms with Gasteiger partial charge in [0.25, 0.3) is 0 Å². The molecule has 3 nitrogen and oxygen atoms in total. The molecule has 1 aromatic heterocycles. The Kier molecular flexibility index (Phi) is 3.28. The second kappa shape index (κ2) is 5.07. The van der Waals surface area contributed by atoms with Crippen molar-refractivity contribution in [2.24, 2.45) is 5.10 Å². The van der Waals surface area contributed by atoms with Gasteiger partial charge in [-0.3, -0.25) is 10.4 Å². The Morgan fingerprint density at radius 1 is 1.06 bits per heavy atom. The largest absolute Gasteiger partial charge is 0.278 e. The minimum Gasteiger partial charge on any atom is -0.278 e. The van der Waals surface area contributed by atoms with Crippen LogP contribution < -0.4 is 5.43 Å². The van der Waals surface area contributed by atoms with Crippen molar-refractivity contribution in [3.63, 3.8) is 0 Å². The van der Waals surface area contributed by atoms with Crippen LogP contribution in [0.4, 0.5) is 5.69 Å². The summed E-state index contributed by atoms with van der Waals surface area (Å²) in [6.07, 6.45) is 3.52. The van der Waals surface area contributed by atoms with E-state index >= 15 is 0 Å². The van der Waals surface area contributed by atoms with Gasteiger partial charge in [0.2, 0.25) is 0 Å². The van der Waals surface area contributed by atoms with E-state index < -0.39 is 0 Å². The summed E-state index contributed by atoms with van der Waals surface area (Å²) < 4.78 is 0. The molecule has 0 saturated carbocycles. The molecule has 1 aromatic carbocycles. The van der Waals surface area contributed by atoms with Gasteiger partial charge >= 0.3 is 0 Å². The predicted molar refractivity (Wildman–Crippen MR) is 66.5 cm³/mol. The number of para-hydroxylation sites is 1. The first-order chi connectivity index (χ1) is 7.86. The molecule has 0 bridgehead atoms. The third-order valence-electron chi connectivity index (χ3n) is 2.22. The average Bonchev–Trinajstić information content (AvgIpc) is 2.38. The quantitative estimate of drug-likeness (QED) is 0.626. The Morgan fingerprint density at radius 2 is 1.75 bits per heavy atom. The van der Waals surface area contributed by atoms with Gasteiger partial charge in [0, 0.05) is 18.0 Å². The smallest absolute Gasteiger partial charge is 0.0649 e. The molecule has 0 aliphatic rings. The normalized spacial score (nSPS) is 11.2. The van der Waals surface area contributed by atoms with Crippen molar-refractivity contribution < 1.29 is 0 Å². The summed E-state index contributed by atoms with van der Waals surface area (Å²) in [5, 5.41) is 4.30. The lowest BCUT2D eigenvalue weighted by atomic mass is 10.2. The molecule has 0 radical (unpaired) electrons. The Bertz CT molecular complexity index is 463. The number of nitrogens with zero attached hydrogens (tertiary/aromatic N) is 2. The number of aromatic nitrogens is 1. The summed E-state index contributed by atoms with van der Waals surface area (Å²) in [4.78, 5) is 3.97. The molecule has 0 fully saturated rings. The minimum atomic E-state index is 0.936. The first-order valence-corrected chi connectivity index (χ1v) is 5.12. The molecule has 1 heterocycles. The molecule has 0 atom stereocenters. The molecule has 0 saturated heterocycles. The van der Waals surface area contributed by atoms with Crippen molar-refractivity contribution in [3.8, 4) is 0 Å². The van der Waals surface area contributed by atoms with Crippen LogP contribution in [-0.4, -0.2) is 10.7 Å². The van der Waals surface area contributed by atoms with Gasteiger partial charge in [0.1, 0.15) is 0 Å². The van der Waals surface area contributed by atoms with E-state index in [1.54, 1.807) is 12.4 Å². The van der Waals surface area contributed by atoms with E-state index in [0.29, 0.717) is 0 Å². The highest BCUT2D eigenvalue weighted by atomic mass is 15.3. The third kappa shape index (κ3) is 2.67. The zero-order chi connectivity index (χ0) is 11.2. The van der Waals surface area contributed by atoms with Gasteiger partial charge in [-0.25, -0.2) is 0 Å². The van der Waals surface area contributed by atoms with Gasteiger partial charge in [-0.2, -0.15) is 5.10 Å². The van der Waals surface area contributed by atoms with Crippen molar-refractivity contribution in [2.75, 3.05) is 5.43 Å². The van der Waals surface area contributed by atoms with Crippen molar-refractivity contribution >= 4 is 11.4 Å². The fourth-order valence-corrected chi connectivity index (χ4v) is 1.32. The molecule has 0 amide bonds. The number of hydrogen-bond acceptors (Lipinski definition) is 3. The van der Waals surface area contributed by atoms with Crippen LogP contribution >= 0.6 is 0 Å². The second-order valence-electron chi connectivity index (χ2n) is 3.41. The zero-order valence-electron chi connectivity index (χ0n) is 9.09. The number of anilines is 1. The molecule has 1 N–H and O–H groups in total. The molecular weight excluding hydrogens is 198 g/mol. The second-order valence-corrected chi connectivity index (χ2v) is 3.41. The lowest BCUT2D eigenvalue weighted by Crippen LogP contribution is -1.99. The van der Waals surface area contributed by atoms with Crippen molar-refractivity contribution in [2.45, 2.75) is 6.92 Å². The Morgan fingerprint density at radius 3 is 2.44 bits per heavy atom. The summed E-state index contributed by atoms with van der Waals surface area (Å²) in [5.74, 6) is 0. The molecular formula is C13H13N3. The van der Waals surface area contributed by atoms with Crippen LogP contribution in [0.3, 0.4) is 0 Å². The van der Waals surface area contributed by atoms with Crippen LogP contribution in [0.2, 0.25) is 0 Å². The molecule has 0 unspecified atom stereocenters. The van der Waals surface area contributed by atoms with Crippen molar-refractivity contribution in [3.05, 3.63) is 60.4 Å².